The van der Waals surface area contributed by atoms with Crippen LogP contribution in [0, 0.1) is 0 Å². The van der Waals surface area contributed by atoms with Crippen molar-refractivity contribution in [1.29, 1.82) is 0 Å². The number of carbonyl (C=O) groups excluding carboxylic acids is 5. The smallest absolute Gasteiger partial charge is 0.408 e. The fourth-order valence-corrected chi connectivity index (χ4v) is 2.26. The lowest BCUT2D eigenvalue weighted by Gasteiger charge is -2.22. The van der Waals surface area contributed by atoms with Crippen LogP contribution < -0.4 is 5.32 Å². The first-order valence-corrected chi connectivity index (χ1v) is 8.41. The second kappa shape index (κ2) is 8.07. The number of carbonyl (C=O) groups is 5. The van der Waals surface area contributed by atoms with Crippen LogP contribution in [-0.2, 0) is 23.9 Å². The Morgan fingerprint density at radius 3 is 2.04 bits per heavy atom. The number of nitrogens with one attached hydrogen (secondary N) is 1. The number of fused-ring (bicyclic) bond motifs is 1. The summed E-state index contributed by atoms with van der Waals surface area (Å²) in [7, 11) is 0. The van der Waals surface area contributed by atoms with E-state index < -0.39 is 41.5 Å². The maximum atomic E-state index is 12.4. The van der Waals surface area contributed by atoms with Crippen LogP contribution in [0.2, 0.25) is 0 Å². The molecule has 1 aromatic rings. The molecule has 0 aromatic heterocycles. The van der Waals surface area contributed by atoms with Crippen LogP contribution in [0.5, 0.6) is 0 Å². The molecule has 0 saturated carbocycles. The molecule has 150 valence electrons. The molecule has 1 heterocycles. The summed E-state index contributed by atoms with van der Waals surface area (Å²) in [6.07, 6.45) is -1.08. The largest absolute Gasteiger partial charge is 0.464 e. The quantitative estimate of drug-likeness (QED) is 0.450. The summed E-state index contributed by atoms with van der Waals surface area (Å²) in [5.74, 6) is -4.24. The molecule has 0 bridgehead atoms. The minimum absolute atomic E-state index is 0.0492. The van der Waals surface area contributed by atoms with Crippen molar-refractivity contribution >= 4 is 29.8 Å². The van der Waals surface area contributed by atoms with Gasteiger partial charge < -0.3 is 14.3 Å². The summed E-state index contributed by atoms with van der Waals surface area (Å²) in [6, 6.07) is 3.94. The normalized spacial score (nSPS) is 14.2. The topological polar surface area (TPSA) is 128 Å². The molecule has 10 heteroatoms. The first kappa shape index (κ1) is 20.9. The number of alkyl carbamates (subject to hydrolysis) is 1. The van der Waals surface area contributed by atoms with Crippen LogP contribution in [-0.4, -0.2) is 53.2 Å². The molecule has 0 saturated heterocycles. The highest BCUT2D eigenvalue weighted by atomic mass is 16.7. The number of ether oxygens (including phenoxy) is 2. The molecule has 1 atom stereocenters. The third-order valence-electron chi connectivity index (χ3n) is 3.36. The van der Waals surface area contributed by atoms with E-state index in [4.69, 9.17) is 14.3 Å². The van der Waals surface area contributed by atoms with Crippen LogP contribution in [0.4, 0.5) is 4.79 Å². The molecule has 0 fully saturated rings. The molecule has 1 aromatic carbocycles. The van der Waals surface area contributed by atoms with Crippen molar-refractivity contribution in [3.05, 3.63) is 35.4 Å². The van der Waals surface area contributed by atoms with Gasteiger partial charge in [-0.15, -0.1) is 0 Å². The minimum atomic E-state index is -1.93. The third kappa shape index (κ3) is 4.64. The average molecular weight is 392 g/mol. The monoisotopic (exact) mass is 392 g/mol. The van der Waals surface area contributed by atoms with E-state index >= 15 is 0 Å². The van der Waals surface area contributed by atoms with E-state index in [9.17, 15) is 24.0 Å². The number of nitrogens with zero attached hydrogens (tertiary/aromatic N) is 1. The van der Waals surface area contributed by atoms with Crippen LogP contribution in [0.3, 0.4) is 0 Å². The van der Waals surface area contributed by atoms with E-state index in [-0.39, 0.29) is 22.8 Å². The zero-order valence-electron chi connectivity index (χ0n) is 15.8. The number of hydrogen-bond donors (Lipinski definition) is 1. The number of rotatable bonds is 5. The molecule has 10 nitrogen and oxygen atoms in total. The summed E-state index contributed by atoms with van der Waals surface area (Å²) >= 11 is 0. The Labute approximate surface area is 160 Å². The molecule has 0 radical (unpaired) electrons. The first-order valence-electron chi connectivity index (χ1n) is 8.41. The fraction of sp³-hybridized carbons (Fsp3) is 0.389. The zero-order valence-corrected chi connectivity index (χ0v) is 15.8. The van der Waals surface area contributed by atoms with Gasteiger partial charge in [-0.25, -0.2) is 14.4 Å². The number of hydrogen-bond acceptors (Lipinski definition) is 8. The zero-order chi connectivity index (χ0) is 21.1. The van der Waals surface area contributed by atoms with E-state index in [0.717, 1.165) is 0 Å². The summed E-state index contributed by atoms with van der Waals surface area (Å²) < 4.78 is 9.73. The van der Waals surface area contributed by atoms with E-state index in [1.165, 1.54) is 19.1 Å². The average Bonchev–Trinajstić information content (AvgIpc) is 2.83. The highest BCUT2D eigenvalue weighted by Crippen LogP contribution is 2.23. The summed E-state index contributed by atoms with van der Waals surface area (Å²) in [5, 5.41) is 2.26. The molecule has 1 N–H and O–H groups in total. The Morgan fingerprint density at radius 1 is 1.04 bits per heavy atom. The highest BCUT2D eigenvalue weighted by Gasteiger charge is 2.42. The van der Waals surface area contributed by atoms with E-state index in [2.05, 4.69) is 0 Å². The lowest BCUT2D eigenvalue weighted by molar-refractivity contribution is -0.176. The van der Waals surface area contributed by atoms with Gasteiger partial charge in [-0.2, -0.15) is 0 Å². The molecule has 2 rings (SSSR count). The molecule has 1 aliphatic rings. The van der Waals surface area contributed by atoms with E-state index in [0.29, 0.717) is 0 Å². The van der Waals surface area contributed by atoms with Gasteiger partial charge in [-0.05, 0) is 39.8 Å². The van der Waals surface area contributed by atoms with Gasteiger partial charge in [0.2, 0.25) is 6.04 Å². The summed E-state index contributed by atoms with van der Waals surface area (Å²) in [6.45, 7) is 6.18. The molecular weight excluding hydrogens is 372 g/mol. The maximum absolute atomic E-state index is 12.4. The maximum Gasteiger partial charge on any atom is 0.408 e. The molecule has 1 unspecified atom stereocenters. The Balaban J connectivity index is 2.17. The SMILES string of the molecule is CCOC(=O)C(NC(=O)OC(C)(C)C)C(=O)ON1C(=O)c2ccccc2C1=O. The van der Waals surface area contributed by atoms with E-state index in [1.807, 2.05) is 5.32 Å². The molecule has 0 spiro atoms. The fourth-order valence-electron chi connectivity index (χ4n) is 2.26. The van der Waals surface area contributed by atoms with Crippen LogP contribution in [0.1, 0.15) is 48.4 Å². The summed E-state index contributed by atoms with van der Waals surface area (Å²) in [5.41, 5.74) is -0.795. The molecular formula is C18H20N2O8. The van der Waals surface area contributed by atoms with Gasteiger partial charge in [0.05, 0.1) is 17.7 Å². The van der Waals surface area contributed by atoms with Gasteiger partial charge in [0, 0.05) is 0 Å². The number of hydroxylamine groups is 2. The predicted octanol–water partition coefficient (Wildman–Crippen LogP) is 1.20. The number of esters is 1. The lowest BCUT2D eigenvalue weighted by atomic mass is 10.1. The van der Waals surface area contributed by atoms with Crippen LogP contribution >= 0.6 is 0 Å². The Bertz CT molecular complexity index is 792. The van der Waals surface area contributed by atoms with Gasteiger partial charge in [-0.1, -0.05) is 17.2 Å². The highest BCUT2D eigenvalue weighted by molar-refractivity contribution is 6.21. The first-order chi connectivity index (χ1) is 13.0. The molecule has 28 heavy (non-hydrogen) atoms. The van der Waals surface area contributed by atoms with Crippen molar-refractivity contribution in [1.82, 2.24) is 10.4 Å². The van der Waals surface area contributed by atoms with Gasteiger partial charge in [0.1, 0.15) is 5.60 Å². The molecule has 0 aliphatic carbocycles. The number of amides is 3. The van der Waals surface area contributed by atoms with Crippen molar-refractivity contribution in [2.75, 3.05) is 6.61 Å². The van der Waals surface area contributed by atoms with Gasteiger partial charge in [0.25, 0.3) is 11.8 Å². The van der Waals surface area contributed by atoms with Crippen molar-refractivity contribution in [2.45, 2.75) is 39.3 Å². The van der Waals surface area contributed by atoms with Crippen molar-refractivity contribution < 1.29 is 38.3 Å². The lowest BCUT2D eigenvalue weighted by Crippen LogP contribution is -2.51. The van der Waals surface area contributed by atoms with Gasteiger partial charge in [0.15, 0.2) is 0 Å². The second-order valence-electron chi connectivity index (χ2n) is 6.69. The molecule has 1 aliphatic heterocycles. The number of imide groups is 1. The van der Waals surface area contributed by atoms with Crippen LogP contribution in [0.15, 0.2) is 24.3 Å². The second-order valence-corrected chi connectivity index (χ2v) is 6.69. The Kier molecular flexibility index (Phi) is 6.02. The predicted molar refractivity (Wildman–Crippen MR) is 92.8 cm³/mol. The summed E-state index contributed by atoms with van der Waals surface area (Å²) in [4.78, 5) is 65.8. The third-order valence-corrected chi connectivity index (χ3v) is 3.36. The Hall–Kier alpha value is -3.43. The minimum Gasteiger partial charge on any atom is -0.464 e. The Morgan fingerprint density at radius 2 is 1.57 bits per heavy atom. The van der Waals surface area contributed by atoms with Crippen molar-refractivity contribution in [2.24, 2.45) is 0 Å². The van der Waals surface area contributed by atoms with Gasteiger partial charge >= 0.3 is 18.0 Å². The van der Waals surface area contributed by atoms with E-state index in [1.54, 1.807) is 32.9 Å². The standard InChI is InChI=1S/C18H20N2O8/c1-5-26-15(23)12(19-17(25)27-18(2,3)4)16(24)28-20-13(21)10-8-6-7-9-11(10)14(20)22/h6-9,12H,5H2,1-4H3,(H,19,25). The van der Waals surface area contributed by atoms with Crippen LogP contribution in [0.25, 0.3) is 0 Å². The molecule has 3 amide bonds. The van der Waals surface area contributed by atoms with Crippen molar-refractivity contribution in [3.63, 3.8) is 0 Å². The number of benzene rings is 1. The van der Waals surface area contributed by atoms with Crippen molar-refractivity contribution in [3.8, 4) is 0 Å². The van der Waals surface area contributed by atoms with Gasteiger partial charge in [-0.3, -0.25) is 14.9 Å².